The largest absolute Gasteiger partial charge is 0.353 e. The molecule has 4 nitrogen and oxygen atoms in total. The summed E-state index contributed by atoms with van der Waals surface area (Å²) in [5.74, 6) is 0.157. The zero-order valence-corrected chi connectivity index (χ0v) is 11.5. The molecule has 1 unspecified atom stereocenters. The summed E-state index contributed by atoms with van der Waals surface area (Å²) in [5, 5.41) is 6.38. The first-order chi connectivity index (χ1) is 8.12. The fourth-order valence-corrected chi connectivity index (χ4v) is 2.31. The summed E-state index contributed by atoms with van der Waals surface area (Å²) in [5.41, 5.74) is -0.346. The maximum atomic E-state index is 12.1. The third kappa shape index (κ3) is 4.28. The number of nitrogens with zero attached hydrogens (tertiary/aromatic N) is 1. The number of nitrogens with one attached hydrogen (secondary N) is 2. The van der Waals surface area contributed by atoms with Crippen molar-refractivity contribution in [1.29, 1.82) is 0 Å². The van der Waals surface area contributed by atoms with Crippen LogP contribution >= 0.6 is 0 Å². The summed E-state index contributed by atoms with van der Waals surface area (Å²) in [6.45, 7) is 11.0. The summed E-state index contributed by atoms with van der Waals surface area (Å²) in [6.07, 6.45) is 3.28. The highest BCUT2D eigenvalue weighted by Gasteiger charge is 2.33. The third-order valence-corrected chi connectivity index (χ3v) is 3.73. The normalized spacial score (nSPS) is 24.9. The van der Waals surface area contributed by atoms with Crippen LogP contribution in [-0.2, 0) is 4.79 Å². The molecule has 1 amide bonds. The van der Waals surface area contributed by atoms with Crippen LogP contribution in [0.5, 0.6) is 0 Å². The molecule has 0 saturated carbocycles. The average Bonchev–Trinajstić information content (AvgIpc) is 2.35. The molecule has 0 spiro atoms. The molecule has 0 aromatic heterocycles. The molecule has 4 heteroatoms. The molecule has 1 rings (SSSR count). The summed E-state index contributed by atoms with van der Waals surface area (Å²) in [7, 11) is 0. The summed E-state index contributed by atoms with van der Waals surface area (Å²) in [6, 6.07) is 0. The number of hydrogen-bond donors (Lipinski definition) is 2. The predicted molar refractivity (Wildman–Crippen MR) is 71.1 cm³/mol. The molecular formula is C13H27N3O. The zero-order chi connectivity index (χ0) is 12.7. The highest BCUT2D eigenvalue weighted by molar-refractivity contribution is 5.85. The van der Waals surface area contributed by atoms with E-state index in [0.717, 1.165) is 45.6 Å². The Kier molecular flexibility index (Phi) is 5.92. The van der Waals surface area contributed by atoms with Crippen molar-refractivity contribution in [3.8, 4) is 0 Å². The molecule has 2 N–H and O–H groups in total. The van der Waals surface area contributed by atoms with Crippen molar-refractivity contribution in [3.63, 3.8) is 0 Å². The van der Waals surface area contributed by atoms with Crippen molar-refractivity contribution in [2.24, 2.45) is 0 Å². The van der Waals surface area contributed by atoms with Crippen molar-refractivity contribution in [2.45, 2.75) is 45.6 Å². The molecule has 1 fully saturated rings. The molecule has 1 heterocycles. The van der Waals surface area contributed by atoms with Crippen molar-refractivity contribution in [2.75, 3.05) is 32.7 Å². The molecule has 1 saturated heterocycles. The molecule has 17 heavy (non-hydrogen) atoms. The van der Waals surface area contributed by atoms with Crippen LogP contribution in [0.15, 0.2) is 0 Å². The van der Waals surface area contributed by atoms with Crippen LogP contribution in [0.2, 0.25) is 0 Å². The number of amides is 1. The topological polar surface area (TPSA) is 44.4 Å². The first-order valence-corrected chi connectivity index (χ1v) is 6.88. The number of carbonyl (C=O) groups is 1. The maximum absolute atomic E-state index is 12.1. The quantitative estimate of drug-likeness (QED) is 0.728. The number of hydrogen-bond acceptors (Lipinski definition) is 3. The van der Waals surface area contributed by atoms with Crippen molar-refractivity contribution >= 4 is 5.91 Å². The van der Waals surface area contributed by atoms with Gasteiger partial charge in [0.1, 0.15) is 0 Å². The van der Waals surface area contributed by atoms with E-state index in [9.17, 15) is 4.79 Å². The Bertz CT molecular complexity index is 233. The highest BCUT2D eigenvalue weighted by Crippen LogP contribution is 2.18. The van der Waals surface area contributed by atoms with Crippen molar-refractivity contribution in [3.05, 3.63) is 0 Å². The van der Waals surface area contributed by atoms with Crippen LogP contribution < -0.4 is 10.6 Å². The second kappa shape index (κ2) is 6.97. The lowest BCUT2D eigenvalue weighted by molar-refractivity contribution is -0.128. The SMILES string of the molecule is CCN(CC)CCNC(=O)C1(C)CCCCN1. The smallest absolute Gasteiger partial charge is 0.240 e. The first kappa shape index (κ1) is 14.5. The molecule has 0 aromatic carbocycles. The van der Waals surface area contributed by atoms with E-state index in [1.807, 2.05) is 6.92 Å². The van der Waals surface area contributed by atoms with Gasteiger partial charge in [-0.15, -0.1) is 0 Å². The number of likely N-dealkylation sites (N-methyl/N-ethyl adjacent to an activating group) is 1. The number of piperidine rings is 1. The standard InChI is InChI=1S/C13H27N3O/c1-4-16(5-2)11-10-14-12(17)13(3)8-6-7-9-15-13/h15H,4-11H2,1-3H3,(H,14,17). The van der Waals surface area contributed by atoms with E-state index in [2.05, 4.69) is 29.4 Å². The van der Waals surface area contributed by atoms with Crippen LogP contribution in [0.3, 0.4) is 0 Å². The van der Waals surface area contributed by atoms with Crippen LogP contribution in [0, 0.1) is 0 Å². The summed E-state index contributed by atoms with van der Waals surface area (Å²) < 4.78 is 0. The van der Waals surface area contributed by atoms with Gasteiger partial charge in [-0.05, 0) is 45.8 Å². The molecule has 1 atom stereocenters. The molecule has 100 valence electrons. The Hall–Kier alpha value is -0.610. The second-order valence-corrected chi connectivity index (χ2v) is 5.00. The van der Waals surface area contributed by atoms with E-state index in [-0.39, 0.29) is 11.4 Å². The van der Waals surface area contributed by atoms with Gasteiger partial charge in [0.2, 0.25) is 5.91 Å². The summed E-state index contributed by atoms with van der Waals surface area (Å²) >= 11 is 0. The fraction of sp³-hybridized carbons (Fsp3) is 0.923. The Morgan fingerprint density at radius 3 is 2.59 bits per heavy atom. The van der Waals surface area contributed by atoms with E-state index in [1.54, 1.807) is 0 Å². The molecule has 1 aliphatic rings. The predicted octanol–water partition coefficient (Wildman–Crippen LogP) is 0.977. The lowest BCUT2D eigenvalue weighted by Gasteiger charge is -2.33. The van der Waals surface area contributed by atoms with Gasteiger partial charge in [-0.1, -0.05) is 13.8 Å². The third-order valence-electron chi connectivity index (χ3n) is 3.73. The van der Waals surface area contributed by atoms with Gasteiger partial charge in [0, 0.05) is 13.1 Å². The van der Waals surface area contributed by atoms with Crippen molar-refractivity contribution in [1.82, 2.24) is 15.5 Å². The molecule has 0 aliphatic carbocycles. The minimum atomic E-state index is -0.346. The first-order valence-electron chi connectivity index (χ1n) is 6.88. The van der Waals surface area contributed by atoms with Gasteiger partial charge in [0.25, 0.3) is 0 Å². The van der Waals surface area contributed by atoms with E-state index < -0.39 is 0 Å². The zero-order valence-electron chi connectivity index (χ0n) is 11.5. The fourth-order valence-electron chi connectivity index (χ4n) is 2.31. The summed E-state index contributed by atoms with van der Waals surface area (Å²) in [4.78, 5) is 14.4. The van der Waals surface area contributed by atoms with E-state index in [1.165, 1.54) is 6.42 Å². The van der Waals surface area contributed by atoms with Crippen LogP contribution in [0.4, 0.5) is 0 Å². The monoisotopic (exact) mass is 241 g/mol. The lowest BCUT2D eigenvalue weighted by Crippen LogP contribution is -2.57. The van der Waals surface area contributed by atoms with Gasteiger partial charge in [0.15, 0.2) is 0 Å². The van der Waals surface area contributed by atoms with E-state index in [0.29, 0.717) is 0 Å². The average molecular weight is 241 g/mol. The van der Waals surface area contributed by atoms with Crippen LogP contribution in [0.25, 0.3) is 0 Å². The second-order valence-electron chi connectivity index (χ2n) is 5.00. The van der Waals surface area contributed by atoms with Gasteiger partial charge >= 0.3 is 0 Å². The molecule has 0 bridgehead atoms. The molecule has 0 radical (unpaired) electrons. The van der Waals surface area contributed by atoms with Gasteiger partial charge in [-0.3, -0.25) is 4.79 Å². The lowest BCUT2D eigenvalue weighted by atomic mass is 9.90. The van der Waals surface area contributed by atoms with Gasteiger partial charge < -0.3 is 15.5 Å². The van der Waals surface area contributed by atoms with Gasteiger partial charge in [-0.25, -0.2) is 0 Å². The highest BCUT2D eigenvalue weighted by atomic mass is 16.2. The number of carbonyl (C=O) groups excluding carboxylic acids is 1. The number of rotatable bonds is 6. The maximum Gasteiger partial charge on any atom is 0.240 e. The van der Waals surface area contributed by atoms with E-state index in [4.69, 9.17) is 0 Å². The Morgan fingerprint density at radius 1 is 1.35 bits per heavy atom. The van der Waals surface area contributed by atoms with E-state index >= 15 is 0 Å². The van der Waals surface area contributed by atoms with Crippen molar-refractivity contribution < 1.29 is 4.79 Å². The Labute approximate surface area is 105 Å². The van der Waals surface area contributed by atoms with Crippen LogP contribution in [-0.4, -0.2) is 49.1 Å². The minimum absolute atomic E-state index is 0.157. The van der Waals surface area contributed by atoms with Gasteiger partial charge in [-0.2, -0.15) is 0 Å². The Morgan fingerprint density at radius 2 is 2.06 bits per heavy atom. The minimum Gasteiger partial charge on any atom is -0.353 e. The Balaban J connectivity index is 2.28. The molecule has 1 aliphatic heterocycles. The van der Waals surface area contributed by atoms with Gasteiger partial charge in [0.05, 0.1) is 5.54 Å². The van der Waals surface area contributed by atoms with Crippen LogP contribution in [0.1, 0.15) is 40.0 Å². The molecule has 0 aromatic rings. The molecular weight excluding hydrogens is 214 g/mol.